The predicted molar refractivity (Wildman–Crippen MR) is 99.7 cm³/mol. The Morgan fingerprint density at radius 1 is 1.19 bits per heavy atom. The first kappa shape index (κ1) is 17.5. The summed E-state index contributed by atoms with van der Waals surface area (Å²) < 4.78 is 12.5. The van der Waals surface area contributed by atoms with Crippen LogP contribution in [0.25, 0.3) is 0 Å². The van der Waals surface area contributed by atoms with Crippen molar-refractivity contribution >= 4 is 5.97 Å². The average molecular weight is 362 g/mol. The maximum Gasteiger partial charge on any atom is 0.311 e. The highest BCUT2D eigenvalue weighted by Gasteiger charge is 2.78. The van der Waals surface area contributed by atoms with Gasteiger partial charge in [0.1, 0.15) is 11.7 Å². The van der Waals surface area contributed by atoms with Gasteiger partial charge >= 0.3 is 5.97 Å². The first-order valence-corrected chi connectivity index (χ1v) is 10.9. The Labute approximate surface area is 158 Å². The van der Waals surface area contributed by atoms with Crippen LogP contribution in [0.3, 0.4) is 0 Å². The molecule has 0 radical (unpaired) electrons. The fraction of sp³-hybridized carbons (Fsp3) is 0.955. The fourth-order valence-corrected chi connectivity index (χ4v) is 7.42. The zero-order valence-corrected chi connectivity index (χ0v) is 16.9. The van der Waals surface area contributed by atoms with E-state index < -0.39 is 0 Å². The average Bonchev–Trinajstić information content (AvgIpc) is 3.22. The van der Waals surface area contributed by atoms with Gasteiger partial charge in [0.05, 0.1) is 12.0 Å². The van der Waals surface area contributed by atoms with E-state index in [9.17, 15) is 4.79 Å². The van der Waals surface area contributed by atoms with Crippen molar-refractivity contribution in [3.8, 4) is 0 Å². The second-order valence-electron chi connectivity index (χ2n) is 11.1. The Balaban J connectivity index is 1.38. The number of esters is 1. The van der Waals surface area contributed by atoms with Crippen LogP contribution in [0.2, 0.25) is 0 Å². The van der Waals surface area contributed by atoms with Gasteiger partial charge in [-0.1, -0.05) is 34.1 Å². The lowest BCUT2D eigenvalue weighted by atomic mass is 9.53. The molecule has 0 unspecified atom stereocenters. The molecule has 2 saturated carbocycles. The minimum absolute atomic E-state index is 0.0111. The summed E-state index contributed by atoms with van der Waals surface area (Å²) in [6.45, 7) is 12.6. The SMILES string of the molecule is C[C@H]1CCC[C@]2(C)C[C@H]3OC(=O)[C@H](CN4CCCC(C)(C)C4)[C@H]3[C@H]3O[C@@]312. The third kappa shape index (κ3) is 2.30. The molecule has 4 nitrogen and oxygen atoms in total. The normalized spacial score (nSPS) is 52.6. The molecular formula is C22H35NO3. The fourth-order valence-electron chi connectivity index (χ4n) is 7.42. The van der Waals surface area contributed by atoms with Gasteiger partial charge in [0.25, 0.3) is 0 Å². The number of nitrogens with zero attached hydrogens (tertiary/aromatic N) is 1. The molecule has 0 amide bonds. The Hall–Kier alpha value is -0.610. The van der Waals surface area contributed by atoms with Gasteiger partial charge in [-0.3, -0.25) is 4.79 Å². The Morgan fingerprint density at radius 3 is 2.77 bits per heavy atom. The highest BCUT2D eigenvalue weighted by molar-refractivity contribution is 5.76. The van der Waals surface area contributed by atoms with Crippen LogP contribution in [0, 0.1) is 28.6 Å². The van der Waals surface area contributed by atoms with Crippen molar-refractivity contribution in [3.05, 3.63) is 0 Å². The number of carbonyl (C=O) groups excluding carboxylic acids is 1. The molecule has 0 bridgehead atoms. The number of ether oxygens (including phenoxy) is 2. The number of likely N-dealkylation sites (tertiary alicyclic amines) is 1. The van der Waals surface area contributed by atoms with Gasteiger partial charge in [0.2, 0.25) is 0 Å². The lowest BCUT2D eigenvalue weighted by Crippen LogP contribution is -2.55. The van der Waals surface area contributed by atoms with Gasteiger partial charge in [-0.2, -0.15) is 0 Å². The van der Waals surface area contributed by atoms with Crippen molar-refractivity contribution in [3.63, 3.8) is 0 Å². The monoisotopic (exact) mass is 361 g/mol. The van der Waals surface area contributed by atoms with Crippen LogP contribution >= 0.6 is 0 Å². The minimum atomic E-state index is 0.0111. The second kappa shape index (κ2) is 5.47. The number of piperidine rings is 1. The number of epoxide rings is 1. The summed E-state index contributed by atoms with van der Waals surface area (Å²) in [5.74, 6) is 0.944. The molecule has 3 heterocycles. The zero-order chi connectivity index (χ0) is 18.3. The first-order chi connectivity index (χ1) is 12.3. The van der Waals surface area contributed by atoms with Gasteiger partial charge in [-0.05, 0) is 50.0 Å². The Morgan fingerprint density at radius 2 is 2.00 bits per heavy atom. The molecule has 146 valence electrons. The van der Waals surface area contributed by atoms with Crippen LogP contribution in [0.4, 0.5) is 0 Å². The van der Waals surface area contributed by atoms with Crippen molar-refractivity contribution < 1.29 is 14.3 Å². The molecule has 2 aliphatic carbocycles. The van der Waals surface area contributed by atoms with Gasteiger partial charge in [-0.15, -0.1) is 0 Å². The van der Waals surface area contributed by atoms with Gasteiger partial charge in [-0.25, -0.2) is 0 Å². The van der Waals surface area contributed by atoms with Crippen molar-refractivity contribution in [2.45, 2.75) is 84.0 Å². The van der Waals surface area contributed by atoms with E-state index in [1.54, 1.807) is 0 Å². The van der Waals surface area contributed by atoms with Crippen LogP contribution in [0.1, 0.15) is 66.2 Å². The molecule has 3 saturated heterocycles. The summed E-state index contributed by atoms with van der Waals surface area (Å²) >= 11 is 0. The van der Waals surface area contributed by atoms with E-state index in [0.29, 0.717) is 11.3 Å². The summed E-state index contributed by atoms with van der Waals surface area (Å²) in [5.41, 5.74) is 0.582. The molecule has 0 N–H and O–H groups in total. The van der Waals surface area contributed by atoms with Crippen molar-refractivity contribution in [2.24, 2.45) is 28.6 Å². The molecule has 5 fully saturated rings. The molecule has 0 aromatic carbocycles. The molecule has 1 spiro atoms. The lowest BCUT2D eigenvalue weighted by molar-refractivity contribution is -0.146. The summed E-state index contributed by atoms with van der Waals surface area (Å²) in [6.07, 6.45) is 7.64. The minimum Gasteiger partial charge on any atom is -0.462 e. The maximum atomic E-state index is 12.8. The van der Waals surface area contributed by atoms with E-state index in [-0.39, 0.29) is 41.0 Å². The summed E-state index contributed by atoms with van der Waals surface area (Å²) in [4.78, 5) is 15.3. The smallest absolute Gasteiger partial charge is 0.311 e. The standard InChI is InChI=1S/C22H35NO3/c1-14-7-5-9-21(4)11-16-17(18-22(14,21)26-18)15(19(24)25-16)12-23-10-6-8-20(2,3)13-23/h14-18H,5-13H2,1-4H3/t14-,15+,16+,17+,18+,21+,22+/m0/s1. The van der Waals surface area contributed by atoms with Crippen LogP contribution in [0.15, 0.2) is 0 Å². The van der Waals surface area contributed by atoms with E-state index in [1.165, 1.54) is 32.1 Å². The first-order valence-electron chi connectivity index (χ1n) is 10.9. The molecule has 7 atom stereocenters. The predicted octanol–water partition coefficient (Wildman–Crippen LogP) is 3.63. The van der Waals surface area contributed by atoms with E-state index >= 15 is 0 Å². The number of hydrogen-bond acceptors (Lipinski definition) is 4. The third-order valence-electron chi connectivity index (χ3n) is 8.63. The maximum absolute atomic E-state index is 12.8. The van der Waals surface area contributed by atoms with Crippen LogP contribution in [-0.2, 0) is 14.3 Å². The van der Waals surface area contributed by atoms with E-state index in [1.807, 2.05) is 0 Å². The quantitative estimate of drug-likeness (QED) is 0.556. The summed E-state index contributed by atoms with van der Waals surface area (Å²) in [6, 6.07) is 0. The topological polar surface area (TPSA) is 42.1 Å². The number of carbonyl (C=O) groups is 1. The lowest BCUT2D eigenvalue weighted by Gasteiger charge is -2.49. The molecule has 4 heteroatoms. The molecule has 0 aromatic rings. The second-order valence-corrected chi connectivity index (χ2v) is 11.1. The highest BCUT2D eigenvalue weighted by atomic mass is 16.6. The Kier molecular flexibility index (Phi) is 3.68. The summed E-state index contributed by atoms with van der Waals surface area (Å²) in [5, 5.41) is 0. The molecular weight excluding hydrogens is 326 g/mol. The molecule has 5 aliphatic rings. The Bertz CT molecular complexity index is 619. The highest BCUT2D eigenvalue weighted by Crippen LogP contribution is 2.70. The van der Waals surface area contributed by atoms with Crippen LogP contribution < -0.4 is 0 Å². The largest absolute Gasteiger partial charge is 0.462 e. The van der Waals surface area contributed by atoms with Gasteiger partial charge in [0.15, 0.2) is 0 Å². The molecule has 0 aromatic heterocycles. The van der Waals surface area contributed by atoms with Gasteiger partial charge in [0, 0.05) is 24.4 Å². The molecule has 3 aliphatic heterocycles. The number of rotatable bonds is 2. The van der Waals surface area contributed by atoms with Gasteiger partial charge < -0.3 is 14.4 Å². The molecule has 26 heavy (non-hydrogen) atoms. The van der Waals surface area contributed by atoms with Crippen molar-refractivity contribution in [1.82, 2.24) is 4.90 Å². The van der Waals surface area contributed by atoms with E-state index in [4.69, 9.17) is 9.47 Å². The van der Waals surface area contributed by atoms with Crippen molar-refractivity contribution in [2.75, 3.05) is 19.6 Å². The third-order valence-corrected chi connectivity index (χ3v) is 8.63. The van der Waals surface area contributed by atoms with Crippen LogP contribution in [0.5, 0.6) is 0 Å². The van der Waals surface area contributed by atoms with E-state index in [2.05, 4.69) is 32.6 Å². The number of fused-ring (bicyclic) bond motifs is 2. The van der Waals surface area contributed by atoms with Crippen LogP contribution in [-0.4, -0.2) is 48.3 Å². The number of hydrogen-bond donors (Lipinski definition) is 0. The zero-order valence-electron chi connectivity index (χ0n) is 16.9. The summed E-state index contributed by atoms with van der Waals surface area (Å²) in [7, 11) is 0. The van der Waals surface area contributed by atoms with Crippen molar-refractivity contribution in [1.29, 1.82) is 0 Å². The molecule has 5 rings (SSSR count). The van der Waals surface area contributed by atoms with E-state index in [0.717, 1.165) is 26.1 Å².